The molecule has 9 heteroatoms. The number of thioether (sulfide) groups is 1. The lowest BCUT2D eigenvalue weighted by Gasteiger charge is -2.15. The molecule has 0 radical (unpaired) electrons. The summed E-state index contributed by atoms with van der Waals surface area (Å²) in [7, 11) is 0. The Morgan fingerprint density at radius 3 is 2.57 bits per heavy atom. The third kappa shape index (κ3) is 5.13. The third-order valence-corrected chi connectivity index (χ3v) is 5.69. The van der Waals surface area contributed by atoms with E-state index in [1.54, 1.807) is 36.4 Å². The fourth-order valence-electron chi connectivity index (χ4n) is 2.44. The summed E-state index contributed by atoms with van der Waals surface area (Å²) in [4.78, 5) is 12.4. The standard InChI is InChI=1S/C19H14Cl3NO3S2/c1-2-25-15-6-10(7-16-18(24)23-19(27)28-16)5-14(22)17(15)26-9-11-3-4-12(20)8-13(11)21/h3-8H,2,9H2,1H3,(H,23,24,27)/b16-7-. The van der Waals surface area contributed by atoms with E-state index in [0.717, 1.165) is 5.56 Å². The molecule has 3 rings (SSSR count). The van der Waals surface area contributed by atoms with Crippen molar-refractivity contribution in [2.45, 2.75) is 13.5 Å². The molecule has 0 saturated carbocycles. The number of amides is 1. The molecule has 0 unspecified atom stereocenters. The first-order valence-corrected chi connectivity index (χ1v) is 10.5. The number of nitrogens with one attached hydrogen (secondary N) is 1. The van der Waals surface area contributed by atoms with Gasteiger partial charge in [0.2, 0.25) is 0 Å². The maximum absolute atomic E-state index is 11.9. The molecule has 0 atom stereocenters. The van der Waals surface area contributed by atoms with Crippen LogP contribution in [-0.4, -0.2) is 16.8 Å². The highest BCUT2D eigenvalue weighted by atomic mass is 35.5. The van der Waals surface area contributed by atoms with Gasteiger partial charge in [0.1, 0.15) is 10.9 Å². The summed E-state index contributed by atoms with van der Waals surface area (Å²) in [6.45, 7) is 2.48. The maximum Gasteiger partial charge on any atom is 0.263 e. The van der Waals surface area contributed by atoms with Crippen molar-refractivity contribution < 1.29 is 14.3 Å². The molecule has 0 bridgehead atoms. The minimum atomic E-state index is -0.234. The second-order valence-corrected chi connectivity index (χ2v) is 8.61. The molecule has 1 N–H and O–H groups in total. The van der Waals surface area contributed by atoms with E-state index in [2.05, 4.69) is 5.32 Å². The minimum absolute atomic E-state index is 0.197. The number of ether oxygens (including phenoxy) is 2. The zero-order valence-corrected chi connectivity index (χ0v) is 18.5. The molecule has 28 heavy (non-hydrogen) atoms. The van der Waals surface area contributed by atoms with Crippen molar-refractivity contribution in [1.82, 2.24) is 5.32 Å². The molecule has 1 heterocycles. The first-order chi connectivity index (χ1) is 13.4. The van der Waals surface area contributed by atoms with Crippen LogP contribution >= 0.6 is 58.8 Å². The molecule has 1 aliphatic heterocycles. The fourth-order valence-corrected chi connectivity index (χ4v) is 4.22. The van der Waals surface area contributed by atoms with Crippen LogP contribution in [0.2, 0.25) is 15.1 Å². The second kappa shape index (κ2) is 9.37. The Hall–Kier alpha value is -1.44. The van der Waals surface area contributed by atoms with Crippen LogP contribution in [0.25, 0.3) is 6.08 Å². The molecular weight excluding hydrogens is 461 g/mol. The van der Waals surface area contributed by atoms with Gasteiger partial charge in [-0.05, 0) is 42.8 Å². The topological polar surface area (TPSA) is 47.6 Å². The van der Waals surface area contributed by atoms with Crippen LogP contribution in [0.1, 0.15) is 18.1 Å². The Kier molecular flexibility index (Phi) is 7.12. The number of thiocarbonyl (C=S) groups is 1. The van der Waals surface area contributed by atoms with E-state index in [1.807, 2.05) is 6.92 Å². The predicted octanol–water partition coefficient (Wildman–Crippen LogP) is 6.11. The Morgan fingerprint density at radius 2 is 1.93 bits per heavy atom. The summed E-state index contributed by atoms with van der Waals surface area (Å²) in [5.41, 5.74) is 1.47. The van der Waals surface area contributed by atoms with Gasteiger partial charge >= 0.3 is 0 Å². The van der Waals surface area contributed by atoms with Crippen LogP contribution in [0.3, 0.4) is 0 Å². The molecule has 0 aromatic heterocycles. The normalized spacial score (nSPS) is 15.1. The molecule has 1 aliphatic rings. The van der Waals surface area contributed by atoms with Gasteiger partial charge in [0, 0.05) is 15.6 Å². The lowest BCUT2D eigenvalue weighted by molar-refractivity contribution is -0.115. The molecule has 1 saturated heterocycles. The molecule has 1 amide bonds. The molecule has 146 valence electrons. The van der Waals surface area contributed by atoms with E-state index in [1.165, 1.54) is 11.8 Å². The Bertz CT molecular complexity index is 979. The van der Waals surface area contributed by atoms with Gasteiger partial charge in [-0.3, -0.25) is 4.79 Å². The highest BCUT2D eigenvalue weighted by molar-refractivity contribution is 8.26. The summed E-state index contributed by atoms with van der Waals surface area (Å²) in [6.07, 6.45) is 1.70. The van der Waals surface area contributed by atoms with Crippen molar-refractivity contribution in [3.8, 4) is 11.5 Å². The van der Waals surface area contributed by atoms with Gasteiger partial charge in [0.25, 0.3) is 5.91 Å². The number of carbonyl (C=O) groups is 1. The SMILES string of the molecule is CCOc1cc(/C=C2\SC(=S)NC2=O)cc(Cl)c1OCc1ccc(Cl)cc1Cl. The van der Waals surface area contributed by atoms with Gasteiger partial charge < -0.3 is 14.8 Å². The lowest BCUT2D eigenvalue weighted by atomic mass is 10.1. The van der Waals surface area contributed by atoms with Crippen molar-refractivity contribution >= 4 is 75.1 Å². The minimum Gasteiger partial charge on any atom is -0.490 e. The molecule has 2 aromatic carbocycles. The number of hydrogen-bond acceptors (Lipinski definition) is 5. The van der Waals surface area contributed by atoms with Crippen LogP contribution in [0, 0.1) is 0 Å². The van der Waals surface area contributed by atoms with Crippen molar-refractivity contribution in [2.24, 2.45) is 0 Å². The second-order valence-electron chi connectivity index (χ2n) is 5.64. The van der Waals surface area contributed by atoms with Crippen molar-refractivity contribution in [2.75, 3.05) is 6.61 Å². The summed E-state index contributed by atoms with van der Waals surface area (Å²) in [6, 6.07) is 8.64. The van der Waals surface area contributed by atoms with Gasteiger partial charge in [-0.15, -0.1) is 0 Å². The van der Waals surface area contributed by atoms with E-state index < -0.39 is 0 Å². The van der Waals surface area contributed by atoms with Crippen molar-refractivity contribution in [3.05, 3.63) is 61.4 Å². The fraction of sp³-hybridized carbons (Fsp3) is 0.158. The van der Waals surface area contributed by atoms with Crippen LogP contribution in [-0.2, 0) is 11.4 Å². The predicted molar refractivity (Wildman–Crippen MR) is 120 cm³/mol. The molecule has 0 spiro atoms. The molecular formula is C19H14Cl3NO3S2. The van der Waals surface area contributed by atoms with E-state index in [0.29, 0.717) is 48.0 Å². The monoisotopic (exact) mass is 473 g/mol. The molecule has 1 fully saturated rings. The number of halogens is 3. The highest BCUT2D eigenvalue weighted by Crippen LogP contribution is 2.39. The quantitative estimate of drug-likeness (QED) is 0.404. The van der Waals surface area contributed by atoms with Gasteiger partial charge in [0.05, 0.1) is 16.5 Å². The van der Waals surface area contributed by atoms with E-state index in [4.69, 9.17) is 56.5 Å². The van der Waals surface area contributed by atoms with Crippen LogP contribution < -0.4 is 14.8 Å². The van der Waals surface area contributed by atoms with E-state index in [-0.39, 0.29) is 12.5 Å². The summed E-state index contributed by atoms with van der Waals surface area (Å²) in [5, 5.41) is 3.98. The van der Waals surface area contributed by atoms with Crippen LogP contribution in [0.5, 0.6) is 11.5 Å². The molecule has 4 nitrogen and oxygen atoms in total. The Balaban J connectivity index is 1.87. The number of benzene rings is 2. The lowest BCUT2D eigenvalue weighted by Crippen LogP contribution is -2.17. The molecule has 2 aromatic rings. The third-order valence-electron chi connectivity index (χ3n) is 3.66. The highest BCUT2D eigenvalue weighted by Gasteiger charge is 2.22. The van der Waals surface area contributed by atoms with Crippen molar-refractivity contribution in [3.63, 3.8) is 0 Å². The zero-order chi connectivity index (χ0) is 20.3. The smallest absolute Gasteiger partial charge is 0.263 e. The van der Waals surface area contributed by atoms with Gasteiger partial charge in [0.15, 0.2) is 11.5 Å². The number of hydrogen-bond donors (Lipinski definition) is 1. The largest absolute Gasteiger partial charge is 0.490 e. The average Bonchev–Trinajstić information content (AvgIpc) is 2.93. The van der Waals surface area contributed by atoms with Gasteiger partial charge in [-0.25, -0.2) is 0 Å². The van der Waals surface area contributed by atoms with Gasteiger partial charge in [-0.2, -0.15) is 0 Å². The Labute approximate surface area is 187 Å². The van der Waals surface area contributed by atoms with Gasteiger partial charge in [-0.1, -0.05) is 64.8 Å². The zero-order valence-electron chi connectivity index (χ0n) is 14.6. The molecule has 0 aliphatic carbocycles. The summed E-state index contributed by atoms with van der Waals surface area (Å²) < 4.78 is 12.0. The number of carbonyl (C=O) groups excluding carboxylic acids is 1. The average molecular weight is 475 g/mol. The summed E-state index contributed by atoms with van der Waals surface area (Å²) in [5.74, 6) is 0.635. The van der Waals surface area contributed by atoms with Crippen molar-refractivity contribution in [1.29, 1.82) is 0 Å². The summed E-state index contributed by atoms with van der Waals surface area (Å²) >= 11 is 24.8. The number of rotatable bonds is 6. The van der Waals surface area contributed by atoms with Crippen LogP contribution in [0.4, 0.5) is 0 Å². The maximum atomic E-state index is 11.9. The van der Waals surface area contributed by atoms with E-state index in [9.17, 15) is 4.79 Å². The van der Waals surface area contributed by atoms with Crippen LogP contribution in [0.15, 0.2) is 35.2 Å². The first-order valence-electron chi connectivity index (χ1n) is 8.15. The Morgan fingerprint density at radius 1 is 1.14 bits per heavy atom. The first kappa shape index (κ1) is 21.3. The van der Waals surface area contributed by atoms with E-state index >= 15 is 0 Å².